The Labute approximate surface area is 107 Å². The van der Waals surface area contributed by atoms with Crippen LogP contribution in [0.1, 0.15) is 39.5 Å². The van der Waals surface area contributed by atoms with Crippen molar-refractivity contribution in [1.82, 2.24) is 15.1 Å². The second kappa shape index (κ2) is 6.17. The quantitative estimate of drug-likeness (QED) is 0.806. The smallest absolute Gasteiger partial charge is 0.0220 e. The fourth-order valence-corrected chi connectivity index (χ4v) is 3.17. The first-order valence-electron chi connectivity index (χ1n) is 7.38. The van der Waals surface area contributed by atoms with Gasteiger partial charge in [-0.1, -0.05) is 13.3 Å². The van der Waals surface area contributed by atoms with Gasteiger partial charge in [0.1, 0.15) is 0 Å². The van der Waals surface area contributed by atoms with Gasteiger partial charge in [-0.15, -0.1) is 0 Å². The van der Waals surface area contributed by atoms with Crippen molar-refractivity contribution >= 4 is 0 Å². The summed E-state index contributed by atoms with van der Waals surface area (Å²) in [6.07, 6.45) is 5.46. The van der Waals surface area contributed by atoms with Crippen LogP contribution < -0.4 is 5.32 Å². The molecule has 0 saturated carbocycles. The van der Waals surface area contributed by atoms with E-state index < -0.39 is 0 Å². The van der Waals surface area contributed by atoms with Gasteiger partial charge in [0, 0.05) is 37.8 Å². The number of likely N-dealkylation sites (tertiary alicyclic amines) is 1. The van der Waals surface area contributed by atoms with Gasteiger partial charge in [0.25, 0.3) is 0 Å². The molecule has 2 aliphatic heterocycles. The molecule has 3 atom stereocenters. The Balaban J connectivity index is 1.87. The minimum Gasteiger partial charge on any atom is -0.311 e. The molecule has 1 N–H and O–H groups in total. The fraction of sp³-hybridized carbons (Fsp3) is 1.00. The van der Waals surface area contributed by atoms with Crippen molar-refractivity contribution in [2.45, 2.75) is 57.7 Å². The summed E-state index contributed by atoms with van der Waals surface area (Å²) < 4.78 is 0. The van der Waals surface area contributed by atoms with Gasteiger partial charge in [-0.3, -0.25) is 4.90 Å². The third kappa shape index (κ3) is 3.43. The molecule has 2 rings (SSSR count). The highest BCUT2D eigenvalue weighted by Crippen LogP contribution is 2.18. The maximum absolute atomic E-state index is 3.64. The molecule has 0 aromatic heterocycles. The monoisotopic (exact) mass is 239 g/mol. The zero-order valence-corrected chi connectivity index (χ0v) is 11.8. The molecule has 17 heavy (non-hydrogen) atoms. The summed E-state index contributed by atoms with van der Waals surface area (Å²) in [5, 5.41) is 3.64. The topological polar surface area (TPSA) is 18.5 Å². The van der Waals surface area contributed by atoms with Gasteiger partial charge in [0.2, 0.25) is 0 Å². The van der Waals surface area contributed by atoms with Gasteiger partial charge in [0.05, 0.1) is 0 Å². The Morgan fingerprint density at radius 2 is 2.12 bits per heavy atom. The zero-order valence-electron chi connectivity index (χ0n) is 11.8. The molecular weight excluding hydrogens is 210 g/mol. The number of piperidine rings is 1. The molecule has 0 aromatic carbocycles. The van der Waals surface area contributed by atoms with E-state index in [0.29, 0.717) is 12.1 Å². The van der Waals surface area contributed by atoms with Gasteiger partial charge in [-0.05, 0) is 39.8 Å². The highest BCUT2D eigenvalue weighted by molar-refractivity contribution is 4.87. The predicted octanol–water partition coefficient (Wildman–Crippen LogP) is 1.54. The summed E-state index contributed by atoms with van der Waals surface area (Å²) in [7, 11) is 2.30. The normalized spacial score (nSPS) is 37.2. The first-order chi connectivity index (χ1) is 8.20. The van der Waals surface area contributed by atoms with E-state index in [1.807, 2.05) is 0 Å². The summed E-state index contributed by atoms with van der Waals surface area (Å²) >= 11 is 0. The van der Waals surface area contributed by atoms with E-state index in [4.69, 9.17) is 0 Å². The molecule has 2 saturated heterocycles. The van der Waals surface area contributed by atoms with Crippen LogP contribution in [0.5, 0.6) is 0 Å². The molecule has 2 heterocycles. The Morgan fingerprint density at radius 3 is 2.82 bits per heavy atom. The largest absolute Gasteiger partial charge is 0.311 e. The number of hydrogen-bond donors (Lipinski definition) is 1. The number of likely N-dealkylation sites (N-methyl/N-ethyl adjacent to an activating group) is 1. The maximum Gasteiger partial charge on any atom is 0.0220 e. The van der Waals surface area contributed by atoms with E-state index in [2.05, 4.69) is 36.0 Å². The van der Waals surface area contributed by atoms with Gasteiger partial charge < -0.3 is 10.2 Å². The van der Waals surface area contributed by atoms with Crippen LogP contribution in [0, 0.1) is 0 Å². The summed E-state index contributed by atoms with van der Waals surface area (Å²) in [5.41, 5.74) is 0. The molecule has 100 valence electrons. The summed E-state index contributed by atoms with van der Waals surface area (Å²) in [6.45, 7) is 9.62. The molecule has 3 unspecified atom stereocenters. The Bertz CT molecular complexity index is 232. The van der Waals surface area contributed by atoms with Crippen LogP contribution in [-0.4, -0.2) is 61.2 Å². The molecular formula is C14H29N3. The lowest BCUT2D eigenvalue weighted by Gasteiger charge is -2.43. The SMILES string of the molecule is CCC1CN(CC2CCCCN2C)C(C)CN1. The van der Waals surface area contributed by atoms with Gasteiger partial charge in [-0.25, -0.2) is 0 Å². The molecule has 0 bridgehead atoms. The van der Waals surface area contributed by atoms with Crippen LogP contribution in [0.25, 0.3) is 0 Å². The Kier molecular flexibility index (Phi) is 4.83. The van der Waals surface area contributed by atoms with Crippen molar-refractivity contribution in [3.8, 4) is 0 Å². The van der Waals surface area contributed by atoms with Crippen LogP contribution in [0.4, 0.5) is 0 Å². The number of rotatable bonds is 3. The van der Waals surface area contributed by atoms with Crippen LogP contribution >= 0.6 is 0 Å². The minimum absolute atomic E-state index is 0.702. The number of nitrogens with zero attached hydrogens (tertiary/aromatic N) is 2. The second-order valence-electron chi connectivity index (χ2n) is 5.95. The maximum atomic E-state index is 3.64. The molecule has 0 radical (unpaired) electrons. The van der Waals surface area contributed by atoms with Crippen molar-refractivity contribution in [3.63, 3.8) is 0 Å². The highest BCUT2D eigenvalue weighted by atomic mass is 15.3. The van der Waals surface area contributed by atoms with E-state index in [0.717, 1.165) is 12.6 Å². The van der Waals surface area contributed by atoms with Crippen LogP contribution in [-0.2, 0) is 0 Å². The number of hydrogen-bond acceptors (Lipinski definition) is 3. The van der Waals surface area contributed by atoms with E-state index >= 15 is 0 Å². The predicted molar refractivity (Wildman–Crippen MR) is 73.4 cm³/mol. The van der Waals surface area contributed by atoms with Crippen molar-refractivity contribution < 1.29 is 0 Å². The molecule has 2 aliphatic rings. The second-order valence-corrected chi connectivity index (χ2v) is 5.95. The first kappa shape index (κ1) is 13.3. The minimum atomic E-state index is 0.702. The lowest BCUT2D eigenvalue weighted by Crippen LogP contribution is -2.58. The number of piperazine rings is 1. The van der Waals surface area contributed by atoms with E-state index in [-0.39, 0.29) is 0 Å². The average Bonchev–Trinajstić information content (AvgIpc) is 2.35. The third-order valence-electron chi connectivity index (χ3n) is 4.64. The summed E-state index contributed by atoms with van der Waals surface area (Å²) in [6, 6.07) is 2.20. The van der Waals surface area contributed by atoms with Crippen LogP contribution in [0.3, 0.4) is 0 Å². The average molecular weight is 239 g/mol. The molecule has 0 spiro atoms. The summed E-state index contributed by atoms with van der Waals surface area (Å²) in [5.74, 6) is 0. The molecule has 0 amide bonds. The molecule has 3 nitrogen and oxygen atoms in total. The zero-order chi connectivity index (χ0) is 12.3. The molecule has 3 heteroatoms. The van der Waals surface area contributed by atoms with Crippen molar-refractivity contribution in [2.24, 2.45) is 0 Å². The van der Waals surface area contributed by atoms with E-state index in [1.54, 1.807) is 0 Å². The highest BCUT2D eigenvalue weighted by Gasteiger charge is 2.28. The Hall–Kier alpha value is -0.120. The lowest BCUT2D eigenvalue weighted by molar-refractivity contribution is 0.0783. The van der Waals surface area contributed by atoms with Gasteiger partial charge >= 0.3 is 0 Å². The first-order valence-corrected chi connectivity index (χ1v) is 7.38. The lowest BCUT2D eigenvalue weighted by atomic mass is 10.0. The van der Waals surface area contributed by atoms with Gasteiger partial charge in [0.15, 0.2) is 0 Å². The van der Waals surface area contributed by atoms with Crippen LogP contribution in [0.15, 0.2) is 0 Å². The number of nitrogens with one attached hydrogen (secondary N) is 1. The van der Waals surface area contributed by atoms with E-state index in [9.17, 15) is 0 Å². The Morgan fingerprint density at radius 1 is 1.29 bits per heavy atom. The molecule has 0 aromatic rings. The van der Waals surface area contributed by atoms with E-state index in [1.165, 1.54) is 45.3 Å². The summed E-state index contributed by atoms with van der Waals surface area (Å²) in [4.78, 5) is 5.27. The van der Waals surface area contributed by atoms with Crippen molar-refractivity contribution in [3.05, 3.63) is 0 Å². The third-order valence-corrected chi connectivity index (χ3v) is 4.64. The fourth-order valence-electron chi connectivity index (χ4n) is 3.17. The van der Waals surface area contributed by atoms with Gasteiger partial charge in [-0.2, -0.15) is 0 Å². The van der Waals surface area contributed by atoms with Crippen LogP contribution in [0.2, 0.25) is 0 Å². The van der Waals surface area contributed by atoms with Crippen molar-refractivity contribution in [2.75, 3.05) is 33.2 Å². The van der Waals surface area contributed by atoms with Crippen molar-refractivity contribution in [1.29, 1.82) is 0 Å². The standard InChI is InChI=1S/C14H29N3/c1-4-13-10-17(12(2)9-15-13)11-14-7-5-6-8-16(14)3/h12-15H,4-11H2,1-3H3. The molecule has 2 fully saturated rings. The molecule has 0 aliphatic carbocycles.